The first-order valence-electron chi connectivity index (χ1n) is 9.19. The molecule has 1 aliphatic carbocycles. The summed E-state index contributed by atoms with van der Waals surface area (Å²) >= 11 is 0. The maximum absolute atomic E-state index is 12.7. The van der Waals surface area contributed by atoms with E-state index >= 15 is 0 Å². The zero-order chi connectivity index (χ0) is 16.4. The number of likely N-dealkylation sites (tertiary alicyclic amines) is 1. The van der Waals surface area contributed by atoms with Gasteiger partial charge < -0.3 is 19.7 Å². The Labute approximate surface area is 143 Å². The SMILES string of the molecule is O=C(Nc1ccccc1O[C@@H]1CCOC1)N1C[C@H]2CCCC[C@@H]2C1. The number of carbonyl (C=O) groups excluding carboxylic acids is 1. The first-order chi connectivity index (χ1) is 11.8. The van der Waals surface area contributed by atoms with Gasteiger partial charge in [-0.1, -0.05) is 25.0 Å². The fraction of sp³-hybridized carbons (Fsp3) is 0.632. The molecule has 2 aliphatic heterocycles. The van der Waals surface area contributed by atoms with Crippen LogP contribution in [0.15, 0.2) is 24.3 Å². The van der Waals surface area contributed by atoms with E-state index in [0.29, 0.717) is 18.4 Å². The number of hydrogen-bond acceptors (Lipinski definition) is 3. The van der Waals surface area contributed by atoms with Gasteiger partial charge in [0.1, 0.15) is 11.9 Å². The average molecular weight is 330 g/mol. The topological polar surface area (TPSA) is 50.8 Å². The lowest BCUT2D eigenvalue weighted by Gasteiger charge is -2.22. The van der Waals surface area contributed by atoms with Crippen LogP contribution in [0.5, 0.6) is 5.75 Å². The summed E-state index contributed by atoms with van der Waals surface area (Å²) in [6, 6.07) is 7.69. The molecule has 4 rings (SSSR count). The molecule has 2 heterocycles. The van der Waals surface area contributed by atoms with Gasteiger partial charge in [-0.15, -0.1) is 0 Å². The number of nitrogens with one attached hydrogen (secondary N) is 1. The van der Waals surface area contributed by atoms with Crippen LogP contribution in [-0.2, 0) is 4.74 Å². The minimum atomic E-state index is 0.00289. The van der Waals surface area contributed by atoms with E-state index in [1.165, 1.54) is 25.7 Å². The molecule has 1 N–H and O–H groups in total. The van der Waals surface area contributed by atoms with Crippen LogP contribution >= 0.6 is 0 Å². The maximum atomic E-state index is 12.7. The first-order valence-corrected chi connectivity index (χ1v) is 9.19. The second-order valence-electron chi connectivity index (χ2n) is 7.24. The Morgan fingerprint density at radius 2 is 1.88 bits per heavy atom. The molecule has 0 spiro atoms. The quantitative estimate of drug-likeness (QED) is 0.923. The molecule has 1 aromatic rings. The van der Waals surface area contributed by atoms with E-state index in [0.717, 1.165) is 37.6 Å². The highest BCUT2D eigenvalue weighted by atomic mass is 16.5. The lowest BCUT2D eigenvalue weighted by molar-refractivity contribution is 0.142. The number of nitrogens with zero attached hydrogens (tertiary/aromatic N) is 1. The van der Waals surface area contributed by atoms with Crippen LogP contribution in [0.1, 0.15) is 32.1 Å². The smallest absolute Gasteiger partial charge is 0.321 e. The van der Waals surface area contributed by atoms with Gasteiger partial charge in [-0.05, 0) is 36.8 Å². The van der Waals surface area contributed by atoms with Crippen molar-refractivity contribution < 1.29 is 14.3 Å². The average Bonchev–Trinajstić information content (AvgIpc) is 3.25. The van der Waals surface area contributed by atoms with Crippen molar-refractivity contribution >= 4 is 11.7 Å². The fourth-order valence-corrected chi connectivity index (χ4v) is 4.22. The van der Waals surface area contributed by atoms with Gasteiger partial charge in [0, 0.05) is 19.5 Å². The van der Waals surface area contributed by atoms with Gasteiger partial charge in [0.2, 0.25) is 0 Å². The van der Waals surface area contributed by atoms with Crippen LogP contribution < -0.4 is 10.1 Å². The minimum absolute atomic E-state index is 0.00289. The van der Waals surface area contributed by atoms with Crippen LogP contribution in [0.2, 0.25) is 0 Å². The van der Waals surface area contributed by atoms with Gasteiger partial charge in [0.05, 0.1) is 18.9 Å². The summed E-state index contributed by atoms with van der Waals surface area (Å²) in [5.74, 6) is 2.14. The van der Waals surface area contributed by atoms with E-state index in [4.69, 9.17) is 9.47 Å². The van der Waals surface area contributed by atoms with Crippen molar-refractivity contribution in [3.05, 3.63) is 24.3 Å². The predicted molar refractivity (Wildman–Crippen MR) is 92.3 cm³/mol. The number of rotatable bonds is 3. The van der Waals surface area contributed by atoms with Gasteiger partial charge in [0.15, 0.2) is 0 Å². The molecule has 0 unspecified atom stereocenters. The highest BCUT2D eigenvalue weighted by Gasteiger charge is 2.36. The molecule has 5 nitrogen and oxygen atoms in total. The van der Waals surface area contributed by atoms with Crippen molar-refractivity contribution in [2.24, 2.45) is 11.8 Å². The third-order valence-corrected chi connectivity index (χ3v) is 5.57. The maximum Gasteiger partial charge on any atom is 0.321 e. The van der Waals surface area contributed by atoms with Crippen molar-refractivity contribution in [1.29, 1.82) is 0 Å². The molecule has 2 saturated heterocycles. The number of fused-ring (bicyclic) bond motifs is 1. The highest BCUT2D eigenvalue weighted by molar-refractivity contribution is 5.91. The molecule has 3 fully saturated rings. The number of ether oxygens (including phenoxy) is 2. The Hall–Kier alpha value is -1.75. The van der Waals surface area contributed by atoms with Gasteiger partial charge in [-0.25, -0.2) is 4.79 Å². The van der Waals surface area contributed by atoms with Crippen LogP contribution in [0, 0.1) is 11.8 Å². The lowest BCUT2D eigenvalue weighted by atomic mass is 9.82. The number of carbonyl (C=O) groups is 1. The molecule has 0 bridgehead atoms. The molecule has 3 atom stereocenters. The van der Waals surface area contributed by atoms with E-state index in [-0.39, 0.29) is 12.1 Å². The van der Waals surface area contributed by atoms with Crippen molar-refractivity contribution in [3.8, 4) is 5.75 Å². The van der Waals surface area contributed by atoms with Crippen molar-refractivity contribution in [2.75, 3.05) is 31.6 Å². The summed E-state index contributed by atoms with van der Waals surface area (Å²) in [6.07, 6.45) is 6.16. The van der Waals surface area contributed by atoms with Crippen LogP contribution in [-0.4, -0.2) is 43.3 Å². The summed E-state index contributed by atoms with van der Waals surface area (Å²) in [7, 11) is 0. The van der Waals surface area contributed by atoms with Gasteiger partial charge in [-0.3, -0.25) is 0 Å². The molecule has 130 valence electrons. The summed E-state index contributed by atoms with van der Waals surface area (Å²) in [5, 5.41) is 3.06. The van der Waals surface area contributed by atoms with Gasteiger partial charge in [0.25, 0.3) is 0 Å². The summed E-state index contributed by atoms with van der Waals surface area (Å²) in [4.78, 5) is 14.7. The summed E-state index contributed by atoms with van der Waals surface area (Å²) < 4.78 is 11.4. The van der Waals surface area contributed by atoms with E-state index in [1.807, 2.05) is 29.2 Å². The Morgan fingerprint density at radius 3 is 2.58 bits per heavy atom. The Morgan fingerprint density at radius 1 is 1.12 bits per heavy atom. The van der Waals surface area contributed by atoms with Gasteiger partial charge in [-0.2, -0.15) is 0 Å². The van der Waals surface area contributed by atoms with Crippen LogP contribution in [0.3, 0.4) is 0 Å². The molecule has 2 amide bonds. The first kappa shape index (κ1) is 15.8. The molecule has 5 heteroatoms. The van der Waals surface area contributed by atoms with Crippen molar-refractivity contribution in [1.82, 2.24) is 4.90 Å². The van der Waals surface area contributed by atoms with Crippen LogP contribution in [0.25, 0.3) is 0 Å². The third-order valence-electron chi connectivity index (χ3n) is 5.57. The van der Waals surface area contributed by atoms with Gasteiger partial charge >= 0.3 is 6.03 Å². The number of hydrogen-bond donors (Lipinski definition) is 1. The molecule has 24 heavy (non-hydrogen) atoms. The molecule has 1 aromatic carbocycles. The van der Waals surface area contributed by atoms with E-state index < -0.39 is 0 Å². The van der Waals surface area contributed by atoms with Crippen LogP contribution in [0.4, 0.5) is 10.5 Å². The number of urea groups is 1. The molecule has 1 saturated carbocycles. The highest BCUT2D eigenvalue weighted by Crippen LogP contribution is 2.36. The molecular formula is C19H26N2O3. The second kappa shape index (κ2) is 7.01. The minimum Gasteiger partial charge on any atom is -0.486 e. The van der Waals surface area contributed by atoms with E-state index in [9.17, 15) is 4.79 Å². The number of benzene rings is 1. The Bertz CT molecular complexity index is 572. The molecule has 0 radical (unpaired) electrons. The van der Waals surface area contributed by atoms with E-state index in [2.05, 4.69) is 5.32 Å². The molecule has 0 aromatic heterocycles. The zero-order valence-electron chi connectivity index (χ0n) is 14.1. The predicted octanol–water partition coefficient (Wildman–Crippen LogP) is 3.51. The number of para-hydroxylation sites is 2. The number of amides is 2. The lowest BCUT2D eigenvalue weighted by Crippen LogP contribution is -2.33. The zero-order valence-corrected chi connectivity index (χ0v) is 14.1. The largest absolute Gasteiger partial charge is 0.486 e. The summed E-state index contributed by atoms with van der Waals surface area (Å²) in [5.41, 5.74) is 0.754. The third kappa shape index (κ3) is 3.36. The second-order valence-corrected chi connectivity index (χ2v) is 7.24. The van der Waals surface area contributed by atoms with E-state index in [1.54, 1.807) is 0 Å². The monoisotopic (exact) mass is 330 g/mol. The standard InChI is InChI=1S/C19H26N2O3/c22-19(21-11-14-5-1-2-6-15(14)12-21)20-17-7-3-4-8-18(17)24-16-9-10-23-13-16/h3-4,7-8,14-16H,1-2,5-6,9-13H2,(H,20,22)/t14-,15-,16-/m1/s1. The van der Waals surface area contributed by atoms with Crippen molar-refractivity contribution in [3.63, 3.8) is 0 Å². The Balaban J connectivity index is 1.40. The Kier molecular flexibility index (Phi) is 4.60. The molecular weight excluding hydrogens is 304 g/mol. The normalized spacial score (nSPS) is 29.3. The fourth-order valence-electron chi connectivity index (χ4n) is 4.22. The van der Waals surface area contributed by atoms with Crippen molar-refractivity contribution in [2.45, 2.75) is 38.2 Å². The number of anilines is 1. The summed E-state index contributed by atoms with van der Waals surface area (Å²) in [6.45, 7) is 3.17. The molecule has 3 aliphatic rings.